The predicted molar refractivity (Wildman–Crippen MR) is 268 cm³/mol. The summed E-state index contributed by atoms with van der Waals surface area (Å²) in [5.74, 6) is 9.08. The highest BCUT2D eigenvalue weighted by atomic mass is 33.1. The van der Waals surface area contributed by atoms with Crippen molar-refractivity contribution in [3.05, 3.63) is 76.8 Å². The predicted octanol–water partition coefficient (Wildman–Crippen LogP) is 3.86. The largest absolute Gasteiger partial charge is 0.478 e. The van der Waals surface area contributed by atoms with Crippen LogP contribution < -0.4 is 10.6 Å². The number of H-pyrrole nitrogens is 1. The molecule has 0 bridgehead atoms. The minimum absolute atomic E-state index is 0.0454. The Balaban J connectivity index is 1.52. The van der Waals surface area contributed by atoms with E-state index in [0.717, 1.165) is 18.9 Å². The van der Waals surface area contributed by atoms with Gasteiger partial charge in [-0.1, -0.05) is 44.8 Å². The van der Waals surface area contributed by atoms with Crippen molar-refractivity contribution in [2.75, 3.05) is 39.1 Å². The molecule has 2 aromatic heterocycles. The van der Waals surface area contributed by atoms with Gasteiger partial charge in [-0.2, -0.15) is 0 Å². The zero-order chi connectivity index (χ0) is 50.4. The van der Waals surface area contributed by atoms with Crippen LogP contribution in [-0.4, -0.2) is 154 Å². The van der Waals surface area contributed by atoms with Gasteiger partial charge in [-0.25, -0.2) is 9.59 Å². The Bertz CT molecular complexity index is 2800. The fourth-order valence-corrected chi connectivity index (χ4v) is 10.6. The number of carboxylic acid groups (broad SMARTS) is 1. The van der Waals surface area contributed by atoms with Crippen LogP contribution in [0.3, 0.4) is 0 Å². The van der Waals surface area contributed by atoms with Crippen LogP contribution in [0.4, 0.5) is 4.79 Å². The van der Waals surface area contributed by atoms with Crippen molar-refractivity contribution in [2.45, 2.75) is 107 Å². The quantitative estimate of drug-likeness (QED) is 0.0937. The van der Waals surface area contributed by atoms with Crippen LogP contribution >= 0.6 is 11.8 Å². The molecule has 10 atom stereocenters. The van der Waals surface area contributed by atoms with Gasteiger partial charge in [0.2, 0.25) is 5.78 Å². The van der Waals surface area contributed by atoms with Gasteiger partial charge >= 0.3 is 12.1 Å². The van der Waals surface area contributed by atoms with Gasteiger partial charge in [0, 0.05) is 59.8 Å². The van der Waals surface area contributed by atoms with E-state index in [9.17, 15) is 29.7 Å². The summed E-state index contributed by atoms with van der Waals surface area (Å²) in [5, 5.41) is 41.3. The normalized spacial score (nSPS) is 27.5. The molecule has 21 heteroatoms. The van der Waals surface area contributed by atoms with E-state index in [1.54, 1.807) is 51.7 Å². The Morgan fingerprint density at radius 1 is 1.14 bits per heavy atom. The molecule has 69 heavy (non-hydrogen) atoms. The molecule has 370 valence electrons. The Morgan fingerprint density at radius 2 is 1.88 bits per heavy atom. The third kappa shape index (κ3) is 12.0. The highest BCUT2D eigenvalue weighted by Gasteiger charge is 2.61. The number of aliphatic hydroxyl groups is 2. The number of hydrogen-bond acceptors (Lipinski definition) is 17. The molecule has 1 amide bonds. The van der Waals surface area contributed by atoms with Crippen LogP contribution in [0.1, 0.15) is 61.4 Å². The number of rotatable bonds is 15. The van der Waals surface area contributed by atoms with E-state index in [1.165, 1.54) is 30.5 Å². The van der Waals surface area contributed by atoms with Gasteiger partial charge in [0.25, 0.3) is 0 Å². The number of hydrogen-bond donors (Lipinski definition) is 6. The molecule has 0 spiro atoms. The van der Waals surface area contributed by atoms with E-state index in [1.807, 2.05) is 13.8 Å². The van der Waals surface area contributed by atoms with Gasteiger partial charge in [-0.15, -0.1) is 17.7 Å². The Labute approximate surface area is 414 Å². The van der Waals surface area contributed by atoms with Crippen LogP contribution in [0.25, 0.3) is 21.8 Å². The molecular formula is C48H56N4O13S4. The Hall–Kier alpha value is -4.59. The Kier molecular flexibility index (Phi) is 18.0. The third-order valence-electron chi connectivity index (χ3n) is 11.9. The molecule has 0 radical (unpaired) electrons. The van der Waals surface area contributed by atoms with Gasteiger partial charge in [0.15, 0.2) is 18.4 Å². The summed E-state index contributed by atoms with van der Waals surface area (Å²) in [6.45, 7) is 7.36. The first-order valence-corrected chi connectivity index (χ1v) is 27.1. The van der Waals surface area contributed by atoms with E-state index in [2.05, 4.69) is 44.3 Å². The number of benzene rings is 1. The number of thioether (sulfide) groups is 1. The van der Waals surface area contributed by atoms with Crippen molar-refractivity contribution < 1.29 is 62.9 Å². The van der Waals surface area contributed by atoms with E-state index in [-0.39, 0.29) is 59.0 Å². The number of amides is 1. The molecule has 17 nitrogen and oxygen atoms in total. The summed E-state index contributed by atoms with van der Waals surface area (Å²) in [6.07, 6.45) is -2.49. The number of aromatic nitrogens is 2. The fourth-order valence-electron chi connectivity index (χ4n) is 8.65. The lowest BCUT2D eigenvalue weighted by atomic mass is 9.82. The second-order valence-corrected chi connectivity index (χ2v) is 25.1. The molecule has 2 fully saturated rings. The smallest absolute Gasteiger partial charge is 0.411 e. The van der Waals surface area contributed by atoms with E-state index in [4.69, 9.17) is 50.8 Å². The summed E-state index contributed by atoms with van der Waals surface area (Å²) < 4.78 is 35.4. The summed E-state index contributed by atoms with van der Waals surface area (Å²) in [7, 11) is 0.632. The number of carboxylic acids is 1. The maximum absolute atomic E-state index is 15.4. The number of ether oxygens (including phenoxy) is 6. The van der Waals surface area contributed by atoms with Crippen molar-refractivity contribution in [3.63, 3.8) is 0 Å². The minimum Gasteiger partial charge on any atom is -0.478 e. The van der Waals surface area contributed by atoms with E-state index < -0.39 is 91.1 Å². The maximum Gasteiger partial charge on any atom is 0.411 e. The third-order valence-corrected chi connectivity index (χ3v) is 14.9. The molecule has 6 N–H and O–H groups in total. The number of aliphatic hydroxyl groups excluding tert-OH is 2. The fraction of sp³-hybridized carbons (Fsp3) is 0.479. The average molecular weight is 1030 g/mol. The molecule has 2 saturated heterocycles. The average Bonchev–Trinajstić information content (AvgIpc) is 3.68. The number of aromatic carboxylic acids is 1. The lowest BCUT2D eigenvalue weighted by Crippen LogP contribution is -2.68. The number of carbonyl (C=O) groups excluding carboxylic acids is 3. The summed E-state index contributed by atoms with van der Waals surface area (Å²) in [6, 6.07) is 6.08. The minimum atomic E-state index is -2.06. The van der Waals surface area contributed by atoms with Crippen LogP contribution in [0.2, 0.25) is 0 Å². The van der Waals surface area contributed by atoms with Gasteiger partial charge in [-0.3, -0.25) is 19.9 Å². The van der Waals surface area contributed by atoms with Crippen LogP contribution in [0, 0.1) is 23.7 Å². The monoisotopic (exact) mass is 1020 g/mol. The second kappa shape index (κ2) is 23.1. The SMILES string of the molecule is CC#C/C=C\C#C[C@H](OC1OC(C)C(SC)(C(=O)c2nccc3c2[nH]c2ccc(C(=O)O)cc23)C(O)C1OC1CC(OC)C(NC(C)C)CO1)C1=C(NC(=O)OC)C(=O)C[C@H](O)/C1=C/CS(C)(=S)=S. The van der Waals surface area contributed by atoms with Crippen molar-refractivity contribution in [1.82, 2.24) is 20.6 Å². The van der Waals surface area contributed by atoms with Crippen molar-refractivity contribution >= 4 is 86.7 Å². The molecule has 3 aromatic rings. The highest BCUT2D eigenvalue weighted by Crippen LogP contribution is 2.46. The topological polar surface area (TPSA) is 237 Å². The Morgan fingerprint density at radius 3 is 2.54 bits per heavy atom. The first-order valence-electron chi connectivity index (χ1n) is 21.8. The number of nitrogens with one attached hydrogen (secondary N) is 3. The molecule has 4 heterocycles. The summed E-state index contributed by atoms with van der Waals surface area (Å²) in [4.78, 5) is 61.8. The molecule has 1 aliphatic carbocycles. The van der Waals surface area contributed by atoms with Crippen LogP contribution in [0.15, 0.2) is 65.5 Å². The number of alkyl carbamates (subject to hydrolysis) is 1. The second-order valence-electron chi connectivity index (χ2n) is 16.8. The number of Topliss-reactive ketones (excluding diaryl/α,β-unsaturated/α-hetero) is 2. The van der Waals surface area contributed by atoms with Gasteiger partial charge in [-0.05, 0) is 90.7 Å². The van der Waals surface area contributed by atoms with Gasteiger partial charge < -0.3 is 54.0 Å². The zero-order valence-corrected chi connectivity index (χ0v) is 42.5. The lowest BCUT2D eigenvalue weighted by Gasteiger charge is -2.51. The number of ketones is 2. The van der Waals surface area contributed by atoms with Crippen LogP contribution in [-0.2, 0) is 62.7 Å². The number of allylic oxidation sites excluding steroid dienone is 3. The summed E-state index contributed by atoms with van der Waals surface area (Å²) >= 11 is 12.1. The number of methoxy groups -OCH3 is 2. The molecule has 6 rings (SSSR count). The molecular weight excluding hydrogens is 969 g/mol. The number of nitrogens with zero attached hydrogens (tertiary/aromatic N) is 1. The maximum atomic E-state index is 15.4. The molecule has 1 aromatic carbocycles. The molecule has 3 aliphatic rings. The van der Waals surface area contributed by atoms with Crippen molar-refractivity contribution in [2.24, 2.45) is 0 Å². The first-order chi connectivity index (χ1) is 32.8. The molecule has 2 aliphatic heterocycles. The molecule has 8 unspecified atom stereocenters. The first kappa shape index (κ1) is 53.8. The van der Waals surface area contributed by atoms with Crippen molar-refractivity contribution in [1.29, 1.82) is 0 Å². The number of carbonyl (C=O) groups is 4. The van der Waals surface area contributed by atoms with Gasteiger partial charge in [0.05, 0.1) is 54.8 Å². The number of aromatic amines is 1. The highest BCUT2D eigenvalue weighted by molar-refractivity contribution is 8.56. The van der Waals surface area contributed by atoms with Gasteiger partial charge in [0.1, 0.15) is 28.8 Å². The van der Waals surface area contributed by atoms with E-state index in [0.29, 0.717) is 21.8 Å². The van der Waals surface area contributed by atoms with Crippen molar-refractivity contribution in [3.8, 4) is 23.7 Å². The number of fused-ring (bicyclic) bond motifs is 3. The number of pyridine rings is 1. The molecule has 0 saturated carbocycles. The summed E-state index contributed by atoms with van der Waals surface area (Å²) in [5.41, 5.74) is 0.646. The van der Waals surface area contributed by atoms with Crippen LogP contribution in [0.5, 0.6) is 0 Å². The standard InChI is InChI=1S/C48H56N4O13S4/c1-9-10-11-12-13-14-35(38-29(18-20-69(8,66)67)33(53)22-34(54)40(38)52-47(59)61-6)64-46-42(65-37-23-36(60-5)32(24-62-37)50-25(2)3)44(56)48(68-7,26(4)63-46)43(55)41-39-28(17-19-49-41)30-21-27(45(57)58)15-16-31(30)51-39/h11-12,15-19,21,25-26,32-33,35-37,42,44,46,50-51,53,56H,20,22-24H2,1-8H3,(H,52,59)(H,57,58)/b12-11-,29-18-/t26?,32?,33-,35-,36?,37?,42?,44?,46?,48?/m0/s1. The van der Waals surface area contributed by atoms with E-state index >= 15 is 4.79 Å². The lowest BCUT2D eigenvalue weighted by molar-refractivity contribution is -0.323. The zero-order valence-electron chi connectivity index (χ0n) is 39.2.